The Labute approximate surface area is 191 Å². The molecule has 1 amide bonds. The van der Waals surface area contributed by atoms with Crippen molar-refractivity contribution in [3.05, 3.63) is 78.7 Å². The minimum atomic E-state index is -3.36. The van der Waals surface area contributed by atoms with Crippen molar-refractivity contribution >= 4 is 21.4 Å². The van der Waals surface area contributed by atoms with Gasteiger partial charge in [0.2, 0.25) is 11.7 Å². The van der Waals surface area contributed by atoms with E-state index in [1.54, 1.807) is 73.7 Å². The van der Waals surface area contributed by atoms with Crippen LogP contribution in [0.25, 0.3) is 22.5 Å². The van der Waals surface area contributed by atoms with E-state index in [-0.39, 0.29) is 17.4 Å². The predicted octanol–water partition coefficient (Wildman–Crippen LogP) is 4.13. The Morgan fingerprint density at radius 1 is 1.00 bits per heavy atom. The van der Waals surface area contributed by atoms with Gasteiger partial charge in [-0.2, -0.15) is 4.98 Å². The van der Waals surface area contributed by atoms with Gasteiger partial charge >= 0.3 is 0 Å². The third-order valence-corrected chi connectivity index (χ3v) is 5.91. The largest absolute Gasteiger partial charge is 0.484 e. The summed E-state index contributed by atoms with van der Waals surface area (Å²) in [6.07, 6.45) is 1.18. The van der Waals surface area contributed by atoms with Crippen molar-refractivity contribution in [3.63, 3.8) is 0 Å². The van der Waals surface area contributed by atoms with Crippen LogP contribution in [0.4, 0.5) is 5.69 Å². The van der Waals surface area contributed by atoms with Crippen LogP contribution in [-0.4, -0.2) is 37.3 Å². The lowest BCUT2D eigenvalue weighted by Gasteiger charge is -2.10. The van der Waals surface area contributed by atoms with Gasteiger partial charge in [-0.05, 0) is 35.9 Å². The number of ether oxygens (including phenoxy) is 1. The van der Waals surface area contributed by atoms with Crippen LogP contribution >= 0.6 is 0 Å². The summed E-state index contributed by atoms with van der Waals surface area (Å²) in [5, 5.41) is 6.65. The second-order valence-corrected chi connectivity index (χ2v) is 9.33. The monoisotopic (exact) mass is 463 g/mol. The zero-order valence-corrected chi connectivity index (χ0v) is 18.8. The summed E-state index contributed by atoms with van der Waals surface area (Å²) in [5.74, 6) is 1.06. The first-order valence-corrected chi connectivity index (χ1v) is 11.9. The maximum atomic E-state index is 12.3. The highest BCUT2D eigenvalue weighted by Gasteiger charge is 2.14. The zero-order chi connectivity index (χ0) is 23.4. The quantitative estimate of drug-likeness (QED) is 0.438. The van der Waals surface area contributed by atoms with Gasteiger partial charge in [0, 0.05) is 30.0 Å². The molecule has 0 spiro atoms. The first kappa shape index (κ1) is 22.2. The molecule has 0 aliphatic rings. The molecule has 1 aromatic heterocycles. The number of carbonyl (C=O) groups excluding carboxylic acids is 1. The first-order valence-electron chi connectivity index (χ1n) is 10.0. The molecule has 0 radical (unpaired) electrons. The number of aromatic nitrogens is 2. The minimum Gasteiger partial charge on any atom is -0.484 e. The number of hydrogen-bond donors (Lipinski definition) is 1. The number of sulfone groups is 1. The molecule has 0 aliphatic heterocycles. The Kier molecular flexibility index (Phi) is 6.23. The SMILES string of the molecule is Cc1nc(-c2cccc(NC(=O)COc3ccc(-c4ccccc4S(C)(=O)=O)cc3)c2)no1. The molecule has 168 valence electrons. The highest BCUT2D eigenvalue weighted by molar-refractivity contribution is 7.90. The maximum absolute atomic E-state index is 12.3. The predicted molar refractivity (Wildman–Crippen MR) is 124 cm³/mol. The summed E-state index contributed by atoms with van der Waals surface area (Å²) in [6, 6.07) is 20.8. The van der Waals surface area contributed by atoms with Gasteiger partial charge in [0.1, 0.15) is 5.75 Å². The van der Waals surface area contributed by atoms with E-state index in [1.165, 1.54) is 6.26 Å². The standard InChI is InChI=1S/C24H21N3O5S/c1-16-25-24(27-32-16)18-6-5-7-19(14-18)26-23(28)15-31-20-12-10-17(11-13-20)21-8-3-4-9-22(21)33(2,29)30/h3-14H,15H2,1-2H3,(H,26,28). The van der Waals surface area contributed by atoms with Crippen LogP contribution in [-0.2, 0) is 14.6 Å². The summed E-state index contributed by atoms with van der Waals surface area (Å²) in [5.41, 5.74) is 2.65. The van der Waals surface area contributed by atoms with Crippen molar-refractivity contribution in [2.45, 2.75) is 11.8 Å². The van der Waals surface area contributed by atoms with E-state index in [2.05, 4.69) is 15.5 Å². The molecule has 0 unspecified atom stereocenters. The fourth-order valence-electron chi connectivity index (χ4n) is 3.26. The number of amides is 1. The van der Waals surface area contributed by atoms with Crippen LogP contribution in [0.3, 0.4) is 0 Å². The molecule has 9 heteroatoms. The number of carbonyl (C=O) groups is 1. The molecule has 1 heterocycles. The molecule has 0 saturated carbocycles. The third kappa shape index (κ3) is 5.45. The van der Waals surface area contributed by atoms with E-state index < -0.39 is 9.84 Å². The van der Waals surface area contributed by atoms with Crippen molar-refractivity contribution in [3.8, 4) is 28.3 Å². The van der Waals surface area contributed by atoms with Gasteiger partial charge in [-0.25, -0.2) is 8.42 Å². The smallest absolute Gasteiger partial charge is 0.262 e. The summed E-state index contributed by atoms with van der Waals surface area (Å²) in [6.45, 7) is 1.52. The number of hydrogen-bond acceptors (Lipinski definition) is 7. The van der Waals surface area contributed by atoms with Crippen LogP contribution in [0.2, 0.25) is 0 Å². The number of anilines is 1. The Morgan fingerprint density at radius 2 is 1.76 bits per heavy atom. The highest BCUT2D eigenvalue weighted by atomic mass is 32.2. The summed E-state index contributed by atoms with van der Waals surface area (Å²) < 4.78 is 34.7. The normalized spacial score (nSPS) is 11.2. The molecule has 0 saturated heterocycles. The lowest BCUT2D eigenvalue weighted by atomic mass is 10.1. The Balaban J connectivity index is 1.39. The van der Waals surface area contributed by atoms with Gasteiger partial charge in [-0.1, -0.05) is 47.6 Å². The van der Waals surface area contributed by atoms with E-state index in [9.17, 15) is 13.2 Å². The molecule has 0 atom stereocenters. The Hall–Kier alpha value is -3.98. The van der Waals surface area contributed by atoms with Gasteiger partial charge in [0.25, 0.3) is 5.91 Å². The number of aryl methyl sites for hydroxylation is 1. The second-order valence-electron chi connectivity index (χ2n) is 7.35. The van der Waals surface area contributed by atoms with Gasteiger partial charge in [0.15, 0.2) is 16.4 Å². The van der Waals surface area contributed by atoms with Crippen molar-refractivity contribution in [1.29, 1.82) is 0 Å². The molecular formula is C24H21N3O5S. The molecule has 8 nitrogen and oxygen atoms in total. The van der Waals surface area contributed by atoms with E-state index >= 15 is 0 Å². The van der Waals surface area contributed by atoms with Gasteiger partial charge in [-0.3, -0.25) is 4.79 Å². The molecule has 1 N–H and O–H groups in total. The average molecular weight is 464 g/mol. The molecule has 0 bridgehead atoms. The van der Waals surface area contributed by atoms with Crippen LogP contribution < -0.4 is 10.1 Å². The molecule has 4 rings (SSSR count). The number of nitrogens with zero attached hydrogens (tertiary/aromatic N) is 2. The van der Waals surface area contributed by atoms with Crippen molar-refractivity contribution < 1.29 is 22.5 Å². The van der Waals surface area contributed by atoms with E-state index in [4.69, 9.17) is 9.26 Å². The number of benzene rings is 3. The van der Waals surface area contributed by atoms with E-state index in [0.717, 1.165) is 11.1 Å². The Bertz CT molecular complexity index is 1400. The summed E-state index contributed by atoms with van der Waals surface area (Å²) >= 11 is 0. The lowest BCUT2D eigenvalue weighted by Crippen LogP contribution is -2.20. The van der Waals surface area contributed by atoms with Gasteiger partial charge in [0.05, 0.1) is 4.90 Å². The molecule has 0 aliphatic carbocycles. The van der Waals surface area contributed by atoms with Crippen molar-refractivity contribution in [1.82, 2.24) is 10.1 Å². The average Bonchev–Trinajstić information content (AvgIpc) is 3.24. The van der Waals surface area contributed by atoms with Gasteiger partial charge < -0.3 is 14.6 Å². The van der Waals surface area contributed by atoms with Crippen molar-refractivity contribution in [2.24, 2.45) is 0 Å². The lowest BCUT2D eigenvalue weighted by molar-refractivity contribution is -0.118. The number of nitrogens with one attached hydrogen (secondary N) is 1. The van der Waals surface area contributed by atoms with Gasteiger partial charge in [-0.15, -0.1) is 0 Å². The van der Waals surface area contributed by atoms with Crippen LogP contribution in [0.15, 0.2) is 82.2 Å². The maximum Gasteiger partial charge on any atom is 0.262 e. The van der Waals surface area contributed by atoms with E-state index in [1.807, 2.05) is 6.07 Å². The first-order chi connectivity index (χ1) is 15.8. The Morgan fingerprint density at radius 3 is 2.45 bits per heavy atom. The zero-order valence-electron chi connectivity index (χ0n) is 18.0. The van der Waals surface area contributed by atoms with E-state index in [0.29, 0.717) is 28.7 Å². The van der Waals surface area contributed by atoms with Crippen LogP contribution in [0, 0.1) is 6.92 Å². The second kappa shape index (κ2) is 9.25. The third-order valence-electron chi connectivity index (χ3n) is 4.75. The highest BCUT2D eigenvalue weighted by Crippen LogP contribution is 2.28. The number of rotatable bonds is 7. The minimum absolute atomic E-state index is 0.190. The molecule has 33 heavy (non-hydrogen) atoms. The molecule has 0 fully saturated rings. The van der Waals surface area contributed by atoms with Crippen LogP contribution in [0.1, 0.15) is 5.89 Å². The topological polar surface area (TPSA) is 111 Å². The van der Waals surface area contributed by atoms with Crippen molar-refractivity contribution in [2.75, 3.05) is 18.2 Å². The summed E-state index contributed by atoms with van der Waals surface area (Å²) in [7, 11) is -3.36. The van der Waals surface area contributed by atoms with Crippen LogP contribution in [0.5, 0.6) is 5.75 Å². The fraction of sp³-hybridized carbons (Fsp3) is 0.125. The molecular weight excluding hydrogens is 442 g/mol. The molecule has 4 aromatic rings. The molecule has 3 aromatic carbocycles. The summed E-state index contributed by atoms with van der Waals surface area (Å²) in [4.78, 5) is 16.8. The fourth-order valence-corrected chi connectivity index (χ4v) is 4.17.